The molecule has 0 fully saturated rings. The summed E-state index contributed by atoms with van der Waals surface area (Å²) in [6, 6.07) is 21.3. The van der Waals surface area contributed by atoms with Crippen molar-refractivity contribution in [3.05, 3.63) is 89.6 Å². The first-order chi connectivity index (χ1) is 14.4. The number of para-hydroxylation sites is 1. The molecule has 0 aliphatic heterocycles. The maximum absolute atomic E-state index is 13.0. The zero-order valence-electron chi connectivity index (χ0n) is 16.7. The zero-order chi connectivity index (χ0) is 21.3. The van der Waals surface area contributed by atoms with E-state index >= 15 is 0 Å². The molecule has 150 valence electrons. The Bertz CT molecular complexity index is 1220. The Morgan fingerprint density at radius 3 is 2.17 bits per heavy atom. The van der Waals surface area contributed by atoms with E-state index in [2.05, 4.69) is 4.98 Å². The molecule has 30 heavy (non-hydrogen) atoms. The molecule has 0 aliphatic rings. The van der Waals surface area contributed by atoms with Gasteiger partial charge in [0.25, 0.3) is 0 Å². The number of aryl methyl sites for hydroxylation is 1. The molecule has 1 aromatic heterocycles. The number of hydrogen-bond acceptors (Lipinski definition) is 4. The molecule has 5 nitrogen and oxygen atoms in total. The van der Waals surface area contributed by atoms with Gasteiger partial charge in [0.15, 0.2) is 6.10 Å². The van der Waals surface area contributed by atoms with Gasteiger partial charge in [-0.15, -0.1) is 0 Å². The first-order valence-electron chi connectivity index (χ1n) is 9.66. The van der Waals surface area contributed by atoms with Gasteiger partial charge in [0.2, 0.25) is 5.78 Å². The number of esters is 1. The van der Waals surface area contributed by atoms with E-state index in [1.54, 1.807) is 55.5 Å². The predicted molar refractivity (Wildman–Crippen MR) is 116 cm³/mol. The van der Waals surface area contributed by atoms with E-state index in [-0.39, 0.29) is 11.5 Å². The number of rotatable bonds is 5. The number of aromatic amines is 1. The molecule has 4 rings (SSSR count). The van der Waals surface area contributed by atoms with Crippen molar-refractivity contribution in [2.75, 3.05) is 0 Å². The van der Waals surface area contributed by atoms with Crippen molar-refractivity contribution in [2.45, 2.75) is 20.0 Å². The van der Waals surface area contributed by atoms with Crippen LogP contribution in [0, 0.1) is 6.92 Å². The number of nitrogens with one attached hydrogen (secondary N) is 1. The highest BCUT2D eigenvalue weighted by molar-refractivity contribution is 6.11. The fraction of sp³-hybridized carbons (Fsp3) is 0.120. The monoisotopic (exact) mass is 399 g/mol. The molecule has 0 aliphatic carbocycles. The van der Waals surface area contributed by atoms with E-state index in [1.165, 1.54) is 0 Å². The summed E-state index contributed by atoms with van der Waals surface area (Å²) >= 11 is 0. The van der Waals surface area contributed by atoms with Crippen LogP contribution >= 0.6 is 0 Å². The Hall–Kier alpha value is -3.86. The number of carbonyl (C=O) groups excluding carboxylic acids is 2. The van der Waals surface area contributed by atoms with E-state index < -0.39 is 12.1 Å². The molecular formula is C25H21NO4. The second kappa shape index (κ2) is 7.87. The first-order valence-corrected chi connectivity index (χ1v) is 9.66. The zero-order valence-corrected chi connectivity index (χ0v) is 16.7. The number of H-pyrrole nitrogens is 1. The lowest BCUT2D eigenvalue weighted by molar-refractivity contribution is 0.0319. The van der Waals surface area contributed by atoms with Crippen molar-refractivity contribution in [3.63, 3.8) is 0 Å². The van der Waals surface area contributed by atoms with Crippen LogP contribution in [0.5, 0.6) is 5.75 Å². The van der Waals surface area contributed by atoms with Crippen molar-refractivity contribution in [2.24, 2.45) is 0 Å². The number of fused-ring (bicyclic) bond motifs is 1. The number of Topliss-reactive ketones (excluding diaryl/α,β-unsaturated/α-hetero) is 1. The third-order valence-electron chi connectivity index (χ3n) is 5.11. The van der Waals surface area contributed by atoms with Gasteiger partial charge in [0, 0.05) is 22.2 Å². The van der Waals surface area contributed by atoms with Crippen molar-refractivity contribution >= 4 is 22.7 Å². The van der Waals surface area contributed by atoms with Gasteiger partial charge in [-0.1, -0.05) is 42.5 Å². The summed E-state index contributed by atoms with van der Waals surface area (Å²) in [5.74, 6) is -0.590. The number of benzene rings is 3. The minimum atomic E-state index is -0.910. The SMILES string of the molecule is Cc1[nH]c2ccccc2c1C(=O)[C@H](C)OC(=O)c1ccc(-c2ccc(O)cc2)cc1. The molecule has 3 aromatic carbocycles. The van der Waals surface area contributed by atoms with E-state index in [1.807, 2.05) is 31.2 Å². The molecule has 1 heterocycles. The van der Waals surface area contributed by atoms with Crippen LogP contribution in [0.3, 0.4) is 0 Å². The number of ketones is 1. The van der Waals surface area contributed by atoms with Gasteiger partial charge in [0.05, 0.1) is 5.56 Å². The van der Waals surface area contributed by atoms with Gasteiger partial charge in [0.1, 0.15) is 5.75 Å². The van der Waals surface area contributed by atoms with Gasteiger partial charge in [-0.2, -0.15) is 0 Å². The number of ether oxygens (including phenoxy) is 1. The van der Waals surface area contributed by atoms with E-state index in [4.69, 9.17) is 4.74 Å². The quantitative estimate of drug-likeness (QED) is 0.354. The number of phenolic OH excluding ortho intramolecular Hbond substituents is 1. The molecule has 0 spiro atoms. The van der Waals surface area contributed by atoms with Gasteiger partial charge in [-0.05, 0) is 55.3 Å². The Kier molecular flexibility index (Phi) is 5.11. The summed E-state index contributed by atoms with van der Waals surface area (Å²) in [5.41, 5.74) is 4.38. The summed E-state index contributed by atoms with van der Waals surface area (Å²) in [6.45, 7) is 3.43. The second-order valence-corrected chi connectivity index (χ2v) is 7.21. The van der Waals surface area contributed by atoms with Crippen LogP contribution in [0.1, 0.15) is 33.3 Å². The van der Waals surface area contributed by atoms with Crippen molar-refractivity contribution in [3.8, 4) is 16.9 Å². The molecule has 0 bridgehead atoms. The van der Waals surface area contributed by atoms with Gasteiger partial charge in [-0.3, -0.25) is 4.79 Å². The summed E-state index contributed by atoms with van der Waals surface area (Å²) in [5, 5.41) is 10.2. The number of aromatic hydroxyl groups is 1. The number of carbonyl (C=O) groups is 2. The lowest BCUT2D eigenvalue weighted by Crippen LogP contribution is -2.24. The van der Waals surface area contributed by atoms with Crippen LogP contribution in [0.2, 0.25) is 0 Å². The molecule has 0 saturated heterocycles. The van der Waals surface area contributed by atoms with Crippen molar-refractivity contribution in [1.82, 2.24) is 4.98 Å². The van der Waals surface area contributed by atoms with Crippen LogP contribution in [-0.4, -0.2) is 27.9 Å². The number of phenols is 1. The standard InChI is InChI=1S/C25H21NO4/c1-15-23(21-5-3-4-6-22(21)26-15)24(28)16(2)30-25(29)19-9-7-17(8-10-19)18-11-13-20(27)14-12-18/h3-14,16,26-27H,1-2H3/t16-/m0/s1. The Morgan fingerprint density at radius 2 is 1.50 bits per heavy atom. The first kappa shape index (κ1) is 19.5. The number of hydrogen-bond donors (Lipinski definition) is 2. The molecule has 0 unspecified atom stereocenters. The second-order valence-electron chi connectivity index (χ2n) is 7.21. The largest absolute Gasteiger partial charge is 0.508 e. The van der Waals surface area contributed by atoms with E-state index in [9.17, 15) is 14.7 Å². The molecule has 5 heteroatoms. The van der Waals surface area contributed by atoms with E-state index in [0.717, 1.165) is 27.7 Å². The smallest absolute Gasteiger partial charge is 0.338 e. The fourth-order valence-corrected chi connectivity index (χ4v) is 3.53. The van der Waals surface area contributed by atoms with Gasteiger partial charge < -0.3 is 14.8 Å². The van der Waals surface area contributed by atoms with E-state index in [0.29, 0.717) is 11.1 Å². The highest BCUT2D eigenvalue weighted by Gasteiger charge is 2.24. The maximum atomic E-state index is 13.0. The minimum absolute atomic E-state index is 0.197. The summed E-state index contributed by atoms with van der Waals surface area (Å²) < 4.78 is 5.45. The lowest BCUT2D eigenvalue weighted by atomic mass is 10.0. The molecule has 4 aromatic rings. The average molecular weight is 399 g/mol. The summed E-state index contributed by atoms with van der Waals surface area (Å²) in [6.07, 6.45) is -0.910. The van der Waals surface area contributed by atoms with Crippen molar-refractivity contribution < 1.29 is 19.4 Å². The Labute approximate surface area is 173 Å². The minimum Gasteiger partial charge on any atom is -0.508 e. The van der Waals surface area contributed by atoms with Gasteiger partial charge >= 0.3 is 5.97 Å². The van der Waals surface area contributed by atoms with Crippen LogP contribution < -0.4 is 0 Å². The average Bonchev–Trinajstić information content (AvgIpc) is 3.09. The summed E-state index contributed by atoms with van der Waals surface area (Å²) in [7, 11) is 0. The number of aromatic nitrogens is 1. The fourth-order valence-electron chi connectivity index (χ4n) is 3.53. The van der Waals surface area contributed by atoms with Crippen LogP contribution in [0.4, 0.5) is 0 Å². The molecule has 0 amide bonds. The summed E-state index contributed by atoms with van der Waals surface area (Å²) in [4.78, 5) is 28.7. The van der Waals surface area contributed by atoms with Crippen molar-refractivity contribution in [1.29, 1.82) is 0 Å². The van der Waals surface area contributed by atoms with Crippen LogP contribution in [0.25, 0.3) is 22.0 Å². The lowest BCUT2D eigenvalue weighted by Gasteiger charge is -2.13. The Balaban J connectivity index is 1.49. The highest BCUT2D eigenvalue weighted by Crippen LogP contribution is 2.25. The molecular weight excluding hydrogens is 378 g/mol. The Morgan fingerprint density at radius 1 is 0.900 bits per heavy atom. The molecule has 1 atom stereocenters. The van der Waals surface area contributed by atoms with Crippen LogP contribution in [0.15, 0.2) is 72.8 Å². The predicted octanol–water partition coefficient (Wildman–Crippen LogP) is 5.28. The third-order valence-corrected chi connectivity index (χ3v) is 5.11. The van der Waals surface area contributed by atoms with Gasteiger partial charge in [-0.25, -0.2) is 4.79 Å². The maximum Gasteiger partial charge on any atom is 0.338 e. The molecule has 2 N–H and O–H groups in total. The normalized spacial score (nSPS) is 11.9. The third kappa shape index (κ3) is 3.70. The molecule has 0 saturated carbocycles. The highest BCUT2D eigenvalue weighted by atomic mass is 16.5. The van der Waals surface area contributed by atoms with Crippen LogP contribution in [-0.2, 0) is 4.74 Å². The molecule has 0 radical (unpaired) electrons. The topological polar surface area (TPSA) is 79.4 Å².